The van der Waals surface area contributed by atoms with E-state index in [4.69, 9.17) is 26.1 Å². The number of nitrogens with zero attached hydrogens (tertiary/aromatic N) is 5. The largest absolute Gasteiger partial charge is 0.494 e. The van der Waals surface area contributed by atoms with E-state index in [2.05, 4.69) is 25.1 Å². The quantitative estimate of drug-likeness (QED) is 0.494. The molecule has 4 saturated heterocycles. The first-order valence-corrected chi connectivity index (χ1v) is 14.0. The van der Waals surface area contributed by atoms with Crippen LogP contribution < -0.4 is 19.7 Å². The van der Waals surface area contributed by atoms with Gasteiger partial charge in [-0.3, -0.25) is 9.88 Å². The van der Waals surface area contributed by atoms with Gasteiger partial charge in [-0.25, -0.2) is 4.39 Å². The molecule has 3 aromatic rings. The molecule has 2 bridgehead atoms. The molecule has 4 aliphatic heterocycles. The SMILES string of the molecule is COc1c(Cl)cccc1-c1ncc2c(N3CC4CCC(C3)N4)nc(OCC34CCCN3CCC4)nc2c1F. The number of fused-ring (bicyclic) bond motifs is 4. The lowest BCUT2D eigenvalue weighted by molar-refractivity contribution is 0.108. The lowest BCUT2D eigenvalue weighted by Crippen LogP contribution is -2.51. The number of benzene rings is 1. The summed E-state index contributed by atoms with van der Waals surface area (Å²) in [5.74, 6) is 0.536. The molecule has 0 saturated carbocycles. The summed E-state index contributed by atoms with van der Waals surface area (Å²) in [4.78, 5) is 18.8. The Balaban J connectivity index is 1.32. The van der Waals surface area contributed by atoms with E-state index in [0.29, 0.717) is 46.2 Å². The van der Waals surface area contributed by atoms with Crippen LogP contribution in [0.5, 0.6) is 11.8 Å². The molecule has 6 heterocycles. The Hall–Kier alpha value is -2.75. The third kappa shape index (κ3) is 3.98. The van der Waals surface area contributed by atoms with Crippen LogP contribution in [0.3, 0.4) is 0 Å². The molecule has 38 heavy (non-hydrogen) atoms. The van der Waals surface area contributed by atoms with Crippen molar-refractivity contribution in [3.63, 3.8) is 0 Å². The summed E-state index contributed by atoms with van der Waals surface area (Å²) in [6.45, 7) is 4.37. The van der Waals surface area contributed by atoms with Gasteiger partial charge in [0.05, 0.1) is 23.1 Å². The number of hydrogen-bond acceptors (Lipinski definition) is 8. The minimum absolute atomic E-state index is 0.0444. The number of rotatable bonds is 6. The second-order valence-electron chi connectivity index (χ2n) is 11.1. The van der Waals surface area contributed by atoms with E-state index in [-0.39, 0.29) is 22.8 Å². The Bertz CT molecular complexity index is 1370. The number of piperazine rings is 1. The van der Waals surface area contributed by atoms with E-state index in [1.165, 1.54) is 20.0 Å². The number of para-hydroxylation sites is 1. The number of hydrogen-bond donors (Lipinski definition) is 1. The van der Waals surface area contributed by atoms with Crippen molar-refractivity contribution >= 4 is 28.3 Å². The minimum Gasteiger partial charge on any atom is -0.494 e. The zero-order valence-corrected chi connectivity index (χ0v) is 22.3. The fourth-order valence-electron chi connectivity index (χ4n) is 7.05. The Morgan fingerprint density at radius 2 is 1.89 bits per heavy atom. The molecule has 0 radical (unpaired) electrons. The summed E-state index contributed by atoms with van der Waals surface area (Å²) in [6.07, 6.45) is 8.54. The van der Waals surface area contributed by atoms with Crippen molar-refractivity contribution in [1.82, 2.24) is 25.2 Å². The number of ether oxygens (including phenoxy) is 2. The first kappa shape index (κ1) is 24.3. The van der Waals surface area contributed by atoms with E-state index in [9.17, 15) is 0 Å². The second kappa shape index (κ2) is 9.47. The summed E-state index contributed by atoms with van der Waals surface area (Å²) in [5, 5.41) is 4.64. The highest BCUT2D eigenvalue weighted by atomic mass is 35.5. The van der Waals surface area contributed by atoms with Crippen molar-refractivity contribution in [3.05, 3.63) is 35.2 Å². The maximum Gasteiger partial charge on any atom is 0.319 e. The Morgan fingerprint density at radius 3 is 2.63 bits per heavy atom. The monoisotopic (exact) mass is 538 g/mol. The van der Waals surface area contributed by atoms with Gasteiger partial charge in [0.1, 0.15) is 29.4 Å². The summed E-state index contributed by atoms with van der Waals surface area (Å²) >= 11 is 6.34. The average Bonchev–Trinajstić information content (AvgIpc) is 3.61. The van der Waals surface area contributed by atoms with Gasteiger partial charge in [-0.15, -0.1) is 0 Å². The molecule has 4 aliphatic rings. The van der Waals surface area contributed by atoms with Crippen molar-refractivity contribution in [3.8, 4) is 23.0 Å². The molecule has 2 atom stereocenters. The van der Waals surface area contributed by atoms with Gasteiger partial charge in [0, 0.05) is 36.9 Å². The van der Waals surface area contributed by atoms with Crippen LogP contribution in [0.1, 0.15) is 38.5 Å². The van der Waals surface area contributed by atoms with E-state index < -0.39 is 5.82 Å². The molecule has 0 amide bonds. The summed E-state index contributed by atoms with van der Waals surface area (Å²) < 4.78 is 28.1. The number of nitrogens with one attached hydrogen (secondary N) is 1. The molecule has 1 N–H and O–H groups in total. The third-order valence-corrected chi connectivity index (χ3v) is 9.16. The molecule has 8 nitrogen and oxygen atoms in total. The number of pyridine rings is 1. The van der Waals surface area contributed by atoms with Crippen molar-refractivity contribution < 1.29 is 13.9 Å². The van der Waals surface area contributed by atoms with Gasteiger partial charge in [0.25, 0.3) is 0 Å². The van der Waals surface area contributed by atoms with E-state index in [1.54, 1.807) is 24.4 Å². The Kier molecular flexibility index (Phi) is 6.05. The molecule has 7 rings (SSSR count). The van der Waals surface area contributed by atoms with Crippen LogP contribution >= 0.6 is 11.6 Å². The van der Waals surface area contributed by atoms with E-state index in [1.807, 2.05) is 0 Å². The van der Waals surface area contributed by atoms with Gasteiger partial charge in [-0.2, -0.15) is 9.97 Å². The Labute approximate surface area is 226 Å². The van der Waals surface area contributed by atoms with Crippen molar-refractivity contribution in [2.24, 2.45) is 0 Å². The highest BCUT2D eigenvalue weighted by Gasteiger charge is 2.45. The van der Waals surface area contributed by atoms with Crippen molar-refractivity contribution in [2.75, 3.05) is 44.8 Å². The summed E-state index contributed by atoms with van der Waals surface area (Å²) in [5.41, 5.74) is 0.871. The van der Waals surface area contributed by atoms with Crippen LogP contribution in [0.25, 0.3) is 22.2 Å². The molecular weight excluding hydrogens is 507 g/mol. The van der Waals surface area contributed by atoms with Crippen LogP contribution in [0, 0.1) is 5.82 Å². The van der Waals surface area contributed by atoms with Gasteiger partial charge in [0.15, 0.2) is 5.82 Å². The van der Waals surface area contributed by atoms with Gasteiger partial charge in [0.2, 0.25) is 0 Å². The molecule has 2 unspecified atom stereocenters. The molecule has 200 valence electrons. The predicted octanol–water partition coefficient (Wildman–Crippen LogP) is 4.44. The highest BCUT2D eigenvalue weighted by Crippen LogP contribution is 2.41. The predicted molar refractivity (Wildman–Crippen MR) is 145 cm³/mol. The van der Waals surface area contributed by atoms with Gasteiger partial charge >= 0.3 is 6.01 Å². The molecule has 4 fully saturated rings. The molecule has 0 aliphatic carbocycles. The summed E-state index contributed by atoms with van der Waals surface area (Å²) in [7, 11) is 1.52. The molecule has 10 heteroatoms. The lowest BCUT2D eigenvalue weighted by atomic mass is 9.95. The fourth-order valence-corrected chi connectivity index (χ4v) is 7.30. The van der Waals surface area contributed by atoms with Crippen LogP contribution in [0.15, 0.2) is 24.4 Å². The average molecular weight is 539 g/mol. The number of aromatic nitrogens is 3. The highest BCUT2D eigenvalue weighted by molar-refractivity contribution is 6.32. The standard InChI is InChI=1S/C28H32ClFN6O2/c1-37-25-19(5-2-6-21(25)29)23-22(30)24-20(13-31-23)26(35-14-17-7-8-18(15-35)32-17)34-27(33-24)38-16-28-9-3-11-36(28)12-4-10-28/h2,5-6,13,17-18,32H,3-4,7-12,14-16H2,1H3. The number of methoxy groups -OCH3 is 1. The first-order chi connectivity index (χ1) is 18.5. The van der Waals surface area contributed by atoms with Crippen LogP contribution in [0.4, 0.5) is 10.2 Å². The van der Waals surface area contributed by atoms with Gasteiger partial charge < -0.3 is 19.7 Å². The minimum atomic E-state index is -0.531. The summed E-state index contributed by atoms with van der Waals surface area (Å²) in [6, 6.07) is 6.25. The fraction of sp³-hybridized carbons (Fsp3) is 0.536. The first-order valence-electron chi connectivity index (χ1n) is 13.6. The molecular formula is C28H32ClFN6O2. The van der Waals surface area contributed by atoms with Crippen LogP contribution in [-0.4, -0.2) is 77.4 Å². The number of halogens is 2. The van der Waals surface area contributed by atoms with Crippen LogP contribution in [-0.2, 0) is 0 Å². The van der Waals surface area contributed by atoms with Crippen molar-refractivity contribution in [1.29, 1.82) is 0 Å². The normalized spacial score (nSPS) is 24.2. The van der Waals surface area contributed by atoms with E-state index >= 15 is 4.39 Å². The second-order valence-corrected chi connectivity index (χ2v) is 11.5. The maximum absolute atomic E-state index is 16.3. The molecule has 0 spiro atoms. The zero-order chi connectivity index (χ0) is 25.9. The van der Waals surface area contributed by atoms with Gasteiger partial charge in [-0.05, 0) is 63.7 Å². The van der Waals surface area contributed by atoms with Gasteiger partial charge in [-0.1, -0.05) is 17.7 Å². The smallest absolute Gasteiger partial charge is 0.319 e. The lowest BCUT2D eigenvalue weighted by Gasteiger charge is -2.34. The molecule has 1 aromatic carbocycles. The van der Waals surface area contributed by atoms with Crippen molar-refractivity contribution in [2.45, 2.75) is 56.1 Å². The topological polar surface area (TPSA) is 75.6 Å². The Morgan fingerprint density at radius 1 is 1.13 bits per heavy atom. The maximum atomic E-state index is 16.3. The van der Waals surface area contributed by atoms with Crippen LogP contribution in [0.2, 0.25) is 5.02 Å². The zero-order valence-electron chi connectivity index (χ0n) is 21.6. The molecule has 2 aromatic heterocycles. The van der Waals surface area contributed by atoms with E-state index in [0.717, 1.165) is 51.9 Å². The number of anilines is 1. The third-order valence-electron chi connectivity index (χ3n) is 8.87.